The van der Waals surface area contributed by atoms with Gasteiger partial charge in [-0.25, -0.2) is 4.98 Å². The molecule has 7 heteroatoms. The predicted octanol–water partition coefficient (Wildman–Crippen LogP) is 3.93. The molecule has 2 atom stereocenters. The summed E-state index contributed by atoms with van der Waals surface area (Å²) in [6.45, 7) is 7.11. The lowest BCUT2D eigenvalue weighted by atomic mass is 10.1. The quantitative estimate of drug-likeness (QED) is 0.623. The van der Waals surface area contributed by atoms with Crippen molar-refractivity contribution < 1.29 is 9.53 Å². The van der Waals surface area contributed by atoms with E-state index in [4.69, 9.17) is 21.3 Å². The summed E-state index contributed by atoms with van der Waals surface area (Å²) < 4.78 is 7.06. The third-order valence-corrected chi connectivity index (χ3v) is 5.73. The second kappa shape index (κ2) is 10.2. The van der Waals surface area contributed by atoms with E-state index in [2.05, 4.69) is 6.92 Å². The Bertz CT molecular complexity index is 916. The number of carbonyl (C=O) groups is 1. The number of aromatic nitrogens is 2. The highest BCUT2D eigenvalue weighted by Crippen LogP contribution is 2.20. The van der Waals surface area contributed by atoms with Gasteiger partial charge in [0, 0.05) is 23.1 Å². The van der Waals surface area contributed by atoms with Crippen molar-refractivity contribution in [1.82, 2.24) is 14.5 Å². The van der Waals surface area contributed by atoms with Crippen molar-refractivity contribution in [3.8, 4) is 11.3 Å². The molecular weight excluding hydrogens is 402 g/mol. The van der Waals surface area contributed by atoms with Gasteiger partial charge in [0.25, 0.3) is 5.56 Å². The minimum Gasteiger partial charge on any atom is -0.377 e. The van der Waals surface area contributed by atoms with Crippen molar-refractivity contribution >= 4 is 17.5 Å². The van der Waals surface area contributed by atoms with Crippen LogP contribution in [-0.4, -0.2) is 45.7 Å². The minimum atomic E-state index is -0.205. The van der Waals surface area contributed by atoms with E-state index < -0.39 is 0 Å². The molecule has 2 aromatic rings. The molecule has 30 heavy (non-hydrogen) atoms. The fourth-order valence-electron chi connectivity index (χ4n) is 3.93. The number of carbonyl (C=O) groups excluding carboxylic acids is 1. The number of morpholine rings is 1. The molecule has 6 nitrogen and oxygen atoms in total. The lowest BCUT2D eigenvalue weighted by molar-refractivity contribution is -0.144. The molecule has 1 aliphatic heterocycles. The van der Waals surface area contributed by atoms with Crippen LogP contribution in [0.3, 0.4) is 0 Å². The number of rotatable bonds is 7. The number of aryl methyl sites for hydroxylation is 1. The SMILES string of the molecule is CCCCCc1nc(-c2ccc(Cl)cc2)cc(=O)n1CC(=O)N1[C@H](C)COC[C@@H]1C. The summed E-state index contributed by atoms with van der Waals surface area (Å²) in [4.78, 5) is 32.7. The number of amides is 1. The Morgan fingerprint density at radius 1 is 1.17 bits per heavy atom. The summed E-state index contributed by atoms with van der Waals surface area (Å²) in [6.07, 6.45) is 3.70. The molecule has 0 N–H and O–H groups in total. The smallest absolute Gasteiger partial charge is 0.254 e. The largest absolute Gasteiger partial charge is 0.377 e. The highest BCUT2D eigenvalue weighted by atomic mass is 35.5. The molecule has 2 heterocycles. The zero-order valence-electron chi connectivity index (χ0n) is 17.9. The molecule has 1 amide bonds. The van der Waals surface area contributed by atoms with Gasteiger partial charge in [0.15, 0.2) is 0 Å². The normalized spacial score (nSPS) is 19.1. The number of benzene rings is 1. The molecule has 1 saturated heterocycles. The van der Waals surface area contributed by atoms with Crippen LogP contribution in [0.2, 0.25) is 5.02 Å². The first-order valence-corrected chi connectivity index (χ1v) is 11.0. The van der Waals surface area contributed by atoms with Crippen molar-refractivity contribution in [2.45, 2.75) is 65.1 Å². The van der Waals surface area contributed by atoms with Gasteiger partial charge in [-0.1, -0.05) is 43.5 Å². The van der Waals surface area contributed by atoms with Gasteiger partial charge < -0.3 is 9.64 Å². The van der Waals surface area contributed by atoms with Crippen molar-refractivity contribution in [2.75, 3.05) is 13.2 Å². The maximum atomic E-state index is 13.1. The molecule has 1 fully saturated rings. The summed E-state index contributed by atoms with van der Waals surface area (Å²) >= 11 is 5.99. The molecule has 0 spiro atoms. The number of ether oxygens (including phenoxy) is 1. The van der Waals surface area contributed by atoms with Gasteiger partial charge in [-0.05, 0) is 32.4 Å². The van der Waals surface area contributed by atoms with E-state index in [0.29, 0.717) is 36.2 Å². The highest BCUT2D eigenvalue weighted by molar-refractivity contribution is 6.30. The fourth-order valence-corrected chi connectivity index (χ4v) is 4.05. The third-order valence-electron chi connectivity index (χ3n) is 5.48. The van der Waals surface area contributed by atoms with Crippen LogP contribution in [-0.2, 0) is 22.5 Å². The lowest BCUT2D eigenvalue weighted by Crippen LogP contribution is -2.54. The van der Waals surface area contributed by atoms with Crippen LogP contribution in [0, 0.1) is 0 Å². The zero-order valence-corrected chi connectivity index (χ0v) is 18.7. The van der Waals surface area contributed by atoms with Crippen LogP contribution in [0.25, 0.3) is 11.3 Å². The van der Waals surface area contributed by atoms with E-state index in [1.807, 2.05) is 30.9 Å². The van der Waals surface area contributed by atoms with E-state index in [9.17, 15) is 9.59 Å². The van der Waals surface area contributed by atoms with Crippen molar-refractivity contribution in [3.63, 3.8) is 0 Å². The number of halogens is 1. The summed E-state index contributed by atoms with van der Waals surface area (Å²) in [7, 11) is 0. The van der Waals surface area contributed by atoms with E-state index in [1.54, 1.807) is 12.1 Å². The van der Waals surface area contributed by atoms with Crippen LogP contribution in [0.4, 0.5) is 0 Å². The molecule has 0 radical (unpaired) electrons. The second-order valence-corrected chi connectivity index (χ2v) is 8.42. The Kier molecular flexibility index (Phi) is 7.67. The number of nitrogens with zero attached hydrogens (tertiary/aromatic N) is 3. The second-order valence-electron chi connectivity index (χ2n) is 7.98. The van der Waals surface area contributed by atoms with Crippen molar-refractivity contribution in [3.05, 3.63) is 51.5 Å². The molecule has 3 rings (SSSR count). The van der Waals surface area contributed by atoms with Gasteiger partial charge in [-0.2, -0.15) is 0 Å². The maximum Gasteiger partial charge on any atom is 0.254 e. The molecule has 1 aliphatic rings. The average molecular weight is 432 g/mol. The predicted molar refractivity (Wildman–Crippen MR) is 119 cm³/mol. The molecule has 0 aliphatic carbocycles. The molecule has 162 valence electrons. The lowest BCUT2D eigenvalue weighted by Gasteiger charge is -2.39. The van der Waals surface area contributed by atoms with Gasteiger partial charge in [-0.15, -0.1) is 0 Å². The first kappa shape index (κ1) is 22.5. The van der Waals surface area contributed by atoms with Gasteiger partial charge in [0.05, 0.1) is 31.0 Å². The van der Waals surface area contributed by atoms with E-state index in [1.165, 1.54) is 10.6 Å². The minimum absolute atomic E-state index is 0.00285. The molecule has 0 saturated carbocycles. The van der Waals surface area contributed by atoms with E-state index in [-0.39, 0.29) is 30.1 Å². The summed E-state index contributed by atoms with van der Waals surface area (Å²) in [5, 5.41) is 0.634. The van der Waals surface area contributed by atoms with Gasteiger partial charge in [-0.3, -0.25) is 14.2 Å². The summed E-state index contributed by atoms with van der Waals surface area (Å²) in [5.74, 6) is 0.584. The van der Waals surface area contributed by atoms with Crippen molar-refractivity contribution in [2.24, 2.45) is 0 Å². The summed E-state index contributed by atoms with van der Waals surface area (Å²) in [5.41, 5.74) is 1.24. The van der Waals surface area contributed by atoms with Gasteiger partial charge in [0.1, 0.15) is 12.4 Å². The molecule has 1 aromatic heterocycles. The molecular formula is C23H30ClN3O3. The maximum absolute atomic E-state index is 13.1. The Labute approximate surface area is 182 Å². The number of hydrogen-bond donors (Lipinski definition) is 0. The highest BCUT2D eigenvalue weighted by Gasteiger charge is 2.30. The Balaban J connectivity index is 1.92. The fraction of sp³-hybridized carbons (Fsp3) is 0.522. The molecule has 1 aromatic carbocycles. The van der Waals surface area contributed by atoms with Crippen LogP contribution in [0.1, 0.15) is 45.9 Å². The van der Waals surface area contributed by atoms with Crippen LogP contribution >= 0.6 is 11.6 Å². The average Bonchev–Trinajstić information content (AvgIpc) is 2.71. The van der Waals surface area contributed by atoms with E-state index >= 15 is 0 Å². The Morgan fingerprint density at radius 3 is 2.47 bits per heavy atom. The van der Waals surface area contributed by atoms with Gasteiger partial charge in [0.2, 0.25) is 5.91 Å². The standard InChI is InChI=1S/C23H30ClN3O3/c1-4-5-6-7-21-25-20(18-8-10-19(24)11-9-18)12-22(28)26(21)13-23(29)27-16(2)14-30-15-17(27)3/h8-12,16-17H,4-7,13-15H2,1-3H3/t16-,17+. The number of hydrogen-bond acceptors (Lipinski definition) is 4. The summed E-state index contributed by atoms with van der Waals surface area (Å²) in [6, 6.07) is 8.76. The first-order valence-electron chi connectivity index (χ1n) is 10.7. The van der Waals surface area contributed by atoms with Crippen LogP contribution < -0.4 is 5.56 Å². The van der Waals surface area contributed by atoms with Crippen LogP contribution in [0.5, 0.6) is 0 Å². The first-order chi connectivity index (χ1) is 14.4. The Morgan fingerprint density at radius 2 is 1.83 bits per heavy atom. The van der Waals surface area contributed by atoms with Gasteiger partial charge >= 0.3 is 0 Å². The third kappa shape index (κ3) is 5.29. The number of unbranched alkanes of at least 4 members (excludes halogenated alkanes) is 2. The molecule has 0 bridgehead atoms. The Hall–Kier alpha value is -2.18. The topological polar surface area (TPSA) is 64.4 Å². The van der Waals surface area contributed by atoms with Crippen LogP contribution in [0.15, 0.2) is 35.1 Å². The zero-order chi connectivity index (χ0) is 21.7. The van der Waals surface area contributed by atoms with Crippen molar-refractivity contribution in [1.29, 1.82) is 0 Å². The monoisotopic (exact) mass is 431 g/mol. The van der Waals surface area contributed by atoms with E-state index in [0.717, 1.165) is 24.8 Å². The molecule has 0 unspecified atom stereocenters.